The molecule has 0 amide bonds. The molecule has 2 aromatic rings. The Morgan fingerprint density at radius 1 is 0.833 bits per heavy atom. The van der Waals surface area contributed by atoms with Gasteiger partial charge in [-0.15, -0.1) is 0 Å². The molecule has 0 fully saturated rings. The summed E-state index contributed by atoms with van der Waals surface area (Å²) in [5, 5.41) is 10.8. The Bertz CT molecular complexity index is 679. The van der Waals surface area contributed by atoms with Crippen LogP contribution in [0.1, 0.15) is 38.0 Å². The van der Waals surface area contributed by atoms with Crippen LogP contribution in [0, 0.1) is 5.41 Å². The van der Waals surface area contributed by atoms with E-state index in [-0.39, 0.29) is 5.57 Å². The maximum atomic E-state index is 13.9. The summed E-state index contributed by atoms with van der Waals surface area (Å²) < 4.78 is 41.6. The molecule has 0 aliphatic carbocycles. The molecule has 1 N–H and O–H groups in total. The van der Waals surface area contributed by atoms with Crippen LogP contribution < -0.4 is 0 Å². The molecule has 2 aromatic carbocycles. The minimum atomic E-state index is -4.54. The first-order chi connectivity index (χ1) is 11.1. The van der Waals surface area contributed by atoms with Crippen LogP contribution >= 0.6 is 0 Å². The second-order valence-electron chi connectivity index (χ2n) is 6.72. The summed E-state index contributed by atoms with van der Waals surface area (Å²) in [5.41, 5.74) is -1.17. The van der Waals surface area contributed by atoms with E-state index in [0.29, 0.717) is 11.1 Å². The SMILES string of the molecule is CC(C)(C)/C(=C(\c1ccccc1)C(O)c1ccccc1)C(F)(F)F. The number of alkyl halides is 3. The maximum absolute atomic E-state index is 13.9. The molecule has 1 atom stereocenters. The molecule has 0 heterocycles. The van der Waals surface area contributed by atoms with Crippen LogP contribution in [-0.4, -0.2) is 11.3 Å². The smallest absolute Gasteiger partial charge is 0.384 e. The van der Waals surface area contributed by atoms with Gasteiger partial charge in [-0.1, -0.05) is 81.4 Å². The Kier molecular flexibility index (Phi) is 5.19. The van der Waals surface area contributed by atoms with Crippen LogP contribution in [0.15, 0.2) is 66.2 Å². The molecule has 0 radical (unpaired) electrons. The number of benzene rings is 2. The molecule has 0 saturated carbocycles. The Hall–Kier alpha value is -2.07. The highest BCUT2D eigenvalue weighted by Crippen LogP contribution is 2.47. The van der Waals surface area contributed by atoms with Crippen molar-refractivity contribution in [2.75, 3.05) is 0 Å². The van der Waals surface area contributed by atoms with Crippen molar-refractivity contribution in [1.29, 1.82) is 0 Å². The van der Waals surface area contributed by atoms with Crippen molar-refractivity contribution in [3.8, 4) is 0 Å². The number of hydrogen-bond acceptors (Lipinski definition) is 1. The quantitative estimate of drug-likeness (QED) is 0.754. The molecule has 1 nitrogen and oxygen atoms in total. The van der Waals surface area contributed by atoms with E-state index in [1.807, 2.05) is 0 Å². The van der Waals surface area contributed by atoms with Crippen molar-refractivity contribution in [2.24, 2.45) is 5.41 Å². The molecule has 0 saturated heterocycles. The van der Waals surface area contributed by atoms with Gasteiger partial charge in [0, 0.05) is 11.1 Å². The van der Waals surface area contributed by atoms with Gasteiger partial charge in [0.25, 0.3) is 0 Å². The first-order valence-corrected chi connectivity index (χ1v) is 7.72. The van der Waals surface area contributed by atoms with Gasteiger partial charge >= 0.3 is 6.18 Å². The van der Waals surface area contributed by atoms with Crippen LogP contribution in [0.2, 0.25) is 0 Å². The van der Waals surface area contributed by atoms with Crippen LogP contribution in [-0.2, 0) is 0 Å². The van der Waals surface area contributed by atoms with Gasteiger partial charge in [-0.05, 0) is 16.5 Å². The minimum Gasteiger partial charge on any atom is -0.384 e. The zero-order valence-electron chi connectivity index (χ0n) is 13.9. The predicted molar refractivity (Wildman–Crippen MR) is 90.3 cm³/mol. The molecule has 4 heteroatoms. The van der Waals surface area contributed by atoms with Crippen molar-refractivity contribution in [3.05, 3.63) is 77.4 Å². The monoisotopic (exact) mass is 334 g/mol. The van der Waals surface area contributed by atoms with E-state index in [1.54, 1.807) is 60.7 Å². The third-order valence-corrected chi connectivity index (χ3v) is 3.78. The Morgan fingerprint density at radius 3 is 1.71 bits per heavy atom. The highest BCUT2D eigenvalue weighted by Gasteiger charge is 2.44. The minimum absolute atomic E-state index is 0.0956. The van der Waals surface area contributed by atoms with Crippen LogP contribution in [0.25, 0.3) is 5.57 Å². The molecule has 0 spiro atoms. The van der Waals surface area contributed by atoms with Gasteiger partial charge in [0.2, 0.25) is 0 Å². The summed E-state index contributed by atoms with van der Waals surface area (Å²) in [6.45, 7) is 4.53. The predicted octanol–water partition coefficient (Wildman–Crippen LogP) is 5.78. The van der Waals surface area contributed by atoms with Crippen LogP contribution in [0.3, 0.4) is 0 Å². The standard InChI is InChI=1S/C20H21F3O/c1-19(2,3)18(20(21,22)23)16(14-10-6-4-7-11-14)17(24)15-12-8-5-9-13-15/h4-13,17,24H,1-3H3/b18-16-. The van der Waals surface area contributed by atoms with Gasteiger partial charge < -0.3 is 5.11 Å². The van der Waals surface area contributed by atoms with E-state index >= 15 is 0 Å². The summed E-state index contributed by atoms with van der Waals surface area (Å²) in [4.78, 5) is 0. The normalized spacial score (nSPS) is 15.0. The highest BCUT2D eigenvalue weighted by molar-refractivity contribution is 5.74. The third-order valence-electron chi connectivity index (χ3n) is 3.78. The number of rotatable bonds is 3. The number of allylic oxidation sites excluding steroid dienone is 1. The number of aliphatic hydroxyl groups is 1. The molecule has 0 bridgehead atoms. The molecule has 2 rings (SSSR count). The Balaban J connectivity index is 2.78. The first-order valence-electron chi connectivity index (χ1n) is 7.72. The lowest BCUT2D eigenvalue weighted by atomic mass is 9.78. The van der Waals surface area contributed by atoms with Crippen LogP contribution in [0.4, 0.5) is 13.2 Å². The summed E-state index contributed by atoms with van der Waals surface area (Å²) in [6.07, 6.45) is -5.90. The maximum Gasteiger partial charge on any atom is 0.413 e. The molecule has 24 heavy (non-hydrogen) atoms. The molecule has 0 aliphatic rings. The summed E-state index contributed by atoms with van der Waals surface area (Å²) >= 11 is 0. The van der Waals surface area contributed by atoms with Gasteiger partial charge in [0.1, 0.15) is 6.10 Å². The van der Waals surface area contributed by atoms with Crippen molar-refractivity contribution in [3.63, 3.8) is 0 Å². The van der Waals surface area contributed by atoms with E-state index in [9.17, 15) is 18.3 Å². The molecular formula is C20H21F3O. The Morgan fingerprint density at radius 2 is 1.29 bits per heavy atom. The Labute approximate surface area is 140 Å². The van der Waals surface area contributed by atoms with Gasteiger partial charge in [0.05, 0.1) is 0 Å². The van der Waals surface area contributed by atoms with Crippen molar-refractivity contribution < 1.29 is 18.3 Å². The molecule has 0 aromatic heterocycles. The third kappa shape index (κ3) is 4.06. The van der Waals surface area contributed by atoms with Crippen molar-refractivity contribution >= 4 is 5.57 Å². The fraction of sp³-hybridized carbons (Fsp3) is 0.300. The molecule has 1 unspecified atom stereocenters. The van der Waals surface area contributed by atoms with E-state index in [4.69, 9.17) is 0 Å². The van der Waals surface area contributed by atoms with Gasteiger partial charge in [0.15, 0.2) is 0 Å². The second kappa shape index (κ2) is 6.81. The zero-order chi connectivity index (χ0) is 18.0. The van der Waals surface area contributed by atoms with Crippen LogP contribution in [0.5, 0.6) is 0 Å². The number of aliphatic hydroxyl groups excluding tert-OH is 1. The number of halogens is 3. The fourth-order valence-corrected chi connectivity index (χ4v) is 2.84. The zero-order valence-corrected chi connectivity index (χ0v) is 13.9. The lowest BCUT2D eigenvalue weighted by molar-refractivity contribution is -0.104. The average molecular weight is 334 g/mol. The largest absolute Gasteiger partial charge is 0.413 e. The molecule has 0 aliphatic heterocycles. The van der Waals surface area contributed by atoms with Gasteiger partial charge in [-0.3, -0.25) is 0 Å². The topological polar surface area (TPSA) is 20.2 Å². The van der Waals surface area contributed by atoms with E-state index in [0.717, 1.165) is 0 Å². The second-order valence-corrected chi connectivity index (χ2v) is 6.72. The molecular weight excluding hydrogens is 313 g/mol. The lowest BCUT2D eigenvalue weighted by Crippen LogP contribution is -2.27. The van der Waals surface area contributed by atoms with Crippen molar-refractivity contribution in [1.82, 2.24) is 0 Å². The van der Waals surface area contributed by atoms with Gasteiger partial charge in [-0.2, -0.15) is 13.2 Å². The van der Waals surface area contributed by atoms with Crippen molar-refractivity contribution in [2.45, 2.75) is 33.1 Å². The average Bonchev–Trinajstić information content (AvgIpc) is 2.51. The summed E-state index contributed by atoms with van der Waals surface area (Å²) in [6, 6.07) is 16.7. The number of hydrogen-bond donors (Lipinski definition) is 1. The van der Waals surface area contributed by atoms with Gasteiger partial charge in [-0.25, -0.2) is 0 Å². The van der Waals surface area contributed by atoms with E-state index < -0.39 is 23.3 Å². The highest BCUT2D eigenvalue weighted by atomic mass is 19.4. The van der Waals surface area contributed by atoms with E-state index in [1.165, 1.54) is 20.8 Å². The molecule has 128 valence electrons. The first kappa shape index (κ1) is 18.3. The lowest BCUT2D eigenvalue weighted by Gasteiger charge is -2.31. The summed E-state index contributed by atoms with van der Waals surface area (Å²) in [5.74, 6) is 0. The summed E-state index contributed by atoms with van der Waals surface area (Å²) in [7, 11) is 0. The fourth-order valence-electron chi connectivity index (χ4n) is 2.84. The van der Waals surface area contributed by atoms with E-state index in [2.05, 4.69) is 0 Å².